The molecule has 2 rings (SSSR count). The van der Waals surface area contributed by atoms with E-state index in [1.165, 1.54) is 12.1 Å². The molecule has 1 aromatic carbocycles. The summed E-state index contributed by atoms with van der Waals surface area (Å²) in [6.45, 7) is 5.54. The van der Waals surface area contributed by atoms with E-state index in [1.807, 2.05) is 13.8 Å². The molecule has 0 unspecified atom stereocenters. The smallest absolute Gasteiger partial charge is 0.397 e. The third-order valence-corrected chi connectivity index (χ3v) is 3.74. The highest BCUT2D eigenvalue weighted by molar-refractivity contribution is 6.39. The van der Waals surface area contributed by atoms with Gasteiger partial charge in [-0.25, -0.2) is 14.2 Å². The number of hydrogen-bond acceptors (Lipinski definition) is 4. The molecule has 5 nitrogen and oxygen atoms in total. The van der Waals surface area contributed by atoms with Gasteiger partial charge in [0.2, 0.25) is 0 Å². The van der Waals surface area contributed by atoms with Crippen molar-refractivity contribution in [1.29, 1.82) is 0 Å². The molecule has 1 N–H and O–H groups in total. The molecule has 1 heterocycles. The van der Waals surface area contributed by atoms with Crippen molar-refractivity contribution < 1.29 is 18.7 Å². The third kappa shape index (κ3) is 4.54. The van der Waals surface area contributed by atoms with Crippen LogP contribution in [0.3, 0.4) is 0 Å². The second-order valence-corrected chi connectivity index (χ2v) is 5.96. The van der Waals surface area contributed by atoms with Crippen LogP contribution in [0.1, 0.15) is 32.3 Å². The van der Waals surface area contributed by atoms with Crippen LogP contribution in [0.5, 0.6) is 0 Å². The molecule has 1 amide bonds. The number of rotatable bonds is 4. The van der Waals surface area contributed by atoms with Crippen LogP contribution in [-0.2, 0) is 14.3 Å². The lowest BCUT2D eigenvalue weighted by Gasteiger charge is -2.16. The summed E-state index contributed by atoms with van der Waals surface area (Å²) in [6.07, 6.45) is 0. The highest BCUT2D eigenvalue weighted by atomic mass is 35.5. The summed E-state index contributed by atoms with van der Waals surface area (Å²) < 4.78 is 17.8. The van der Waals surface area contributed by atoms with E-state index in [2.05, 4.69) is 15.0 Å². The first-order valence-corrected chi connectivity index (χ1v) is 8.15. The Morgan fingerprint density at radius 1 is 1.28 bits per heavy atom. The fourth-order valence-electron chi connectivity index (χ4n) is 2.24. The maximum Gasteiger partial charge on any atom is 0.397 e. The molecule has 0 saturated carbocycles. The van der Waals surface area contributed by atoms with Gasteiger partial charge in [-0.3, -0.25) is 4.79 Å². The van der Waals surface area contributed by atoms with Crippen molar-refractivity contribution in [2.75, 3.05) is 11.9 Å². The van der Waals surface area contributed by atoms with Gasteiger partial charge in [0.1, 0.15) is 5.82 Å². The molecule has 132 valence electrons. The zero-order chi connectivity index (χ0) is 18.6. The van der Waals surface area contributed by atoms with Gasteiger partial charge >= 0.3 is 11.9 Å². The predicted molar refractivity (Wildman–Crippen MR) is 94.0 cm³/mol. The topological polar surface area (TPSA) is 68.3 Å². The summed E-state index contributed by atoms with van der Waals surface area (Å²) in [6, 6.07) is 7.60. The molecular weight excluding hydrogens is 347 g/mol. The molecular formula is C18H18ClFN2O3. The number of nitrogens with one attached hydrogen (secondary N) is 1. The first-order chi connectivity index (χ1) is 11.8. The van der Waals surface area contributed by atoms with E-state index in [9.17, 15) is 14.0 Å². The number of aromatic nitrogens is 1. The van der Waals surface area contributed by atoms with Gasteiger partial charge < -0.3 is 10.1 Å². The number of benzene rings is 1. The normalized spacial score (nSPS) is 10.6. The third-order valence-electron chi connectivity index (χ3n) is 3.47. The van der Waals surface area contributed by atoms with Crippen LogP contribution in [0.25, 0.3) is 11.3 Å². The Balaban J connectivity index is 2.42. The van der Waals surface area contributed by atoms with Gasteiger partial charge in [0.15, 0.2) is 5.15 Å². The molecule has 25 heavy (non-hydrogen) atoms. The number of hydrogen-bond donors (Lipinski definition) is 1. The van der Waals surface area contributed by atoms with Gasteiger partial charge in [0.05, 0.1) is 18.0 Å². The van der Waals surface area contributed by atoms with E-state index >= 15 is 0 Å². The fourth-order valence-corrected chi connectivity index (χ4v) is 2.49. The first kappa shape index (κ1) is 18.9. The zero-order valence-corrected chi connectivity index (χ0v) is 14.9. The van der Waals surface area contributed by atoms with Crippen molar-refractivity contribution in [3.8, 4) is 11.3 Å². The number of anilines is 1. The van der Waals surface area contributed by atoms with Crippen LogP contribution >= 0.6 is 11.6 Å². The maximum absolute atomic E-state index is 13.1. The molecule has 0 saturated heterocycles. The minimum Gasteiger partial charge on any atom is -0.459 e. The quantitative estimate of drug-likeness (QED) is 0.502. The number of carbonyl (C=O) groups excluding carboxylic acids is 2. The second kappa shape index (κ2) is 8.07. The van der Waals surface area contributed by atoms with Crippen molar-refractivity contribution >= 4 is 29.2 Å². The summed E-state index contributed by atoms with van der Waals surface area (Å²) in [4.78, 5) is 27.7. The van der Waals surface area contributed by atoms with Crippen molar-refractivity contribution in [1.82, 2.24) is 4.98 Å². The number of ether oxygens (including phenoxy) is 1. The lowest BCUT2D eigenvalue weighted by atomic mass is 9.99. The maximum atomic E-state index is 13.1. The Morgan fingerprint density at radius 2 is 1.92 bits per heavy atom. The predicted octanol–water partition coefficient (Wildman–Crippen LogP) is 4.17. The van der Waals surface area contributed by atoms with Gasteiger partial charge in [-0.15, -0.1) is 0 Å². The number of carbonyl (C=O) groups is 2. The fraction of sp³-hybridized carbons (Fsp3) is 0.278. The molecule has 0 radical (unpaired) electrons. The first-order valence-electron chi connectivity index (χ1n) is 7.78. The number of halogens is 2. The molecule has 0 fully saturated rings. The van der Waals surface area contributed by atoms with Crippen LogP contribution in [0.4, 0.5) is 10.1 Å². The van der Waals surface area contributed by atoms with Gasteiger partial charge in [0, 0.05) is 5.56 Å². The molecule has 0 atom stereocenters. The van der Waals surface area contributed by atoms with E-state index in [4.69, 9.17) is 11.6 Å². The van der Waals surface area contributed by atoms with Crippen LogP contribution in [0.15, 0.2) is 30.3 Å². The van der Waals surface area contributed by atoms with Crippen molar-refractivity contribution in [2.45, 2.75) is 26.7 Å². The second-order valence-electron chi connectivity index (χ2n) is 5.60. The Morgan fingerprint density at radius 3 is 2.48 bits per heavy atom. The number of esters is 1. The summed E-state index contributed by atoms with van der Waals surface area (Å²) in [5.74, 6) is -2.26. The average Bonchev–Trinajstić information content (AvgIpc) is 2.57. The van der Waals surface area contributed by atoms with E-state index < -0.39 is 11.9 Å². The lowest BCUT2D eigenvalue weighted by Crippen LogP contribution is -2.26. The zero-order valence-electron chi connectivity index (χ0n) is 14.1. The Bertz CT molecular complexity index is 792. The number of amides is 1. The van der Waals surface area contributed by atoms with Gasteiger partial charge in [-0.1, -0.05) is 25.4 Å². The Hall–Kier alpha value is -2.47. The van der Waals surface area contributed by atoms with E-state index in [1.54, 1.807) is 25.1 Å². The molecule has 0 aliphatic heterocycles. The number of nitrogens with zero attached hydrogens (tertiary/aromatic N) is 1. The van der Waals surface area contributed by atoms with Crippen LogP contribution in [0, 0.1) is 5.82 Å². The standard InChI is InChI=1S/C18H18ClFN2O3/c1-4-25-18(24)17(23)22-15-13(10(2)3)9-14(21-16(15)19)11-5-7-12(20)8-6-11/h5-10H,4H2,1-3H3,(H,22,23). The monoisotopic (exact) mass is 364 g/mol. The van der Waals surface area contributed by atoms with E-state index in [0.29, 0.717) is 16.8 Å². The molecule has 0 aliphatic rings. The van der Waals surface area contributed by atoms with Crippen LogP contribution in [-0.4, -0.2) is 23.5 Å². The van der Waals surface area contributed by atoms with Crippen LogP contribution < -0.4 is 5.32 Å². The molecule has 2 aromatic rings. The molecule has 0 spiro atoms. The van der Waals surface area contributed by atoms with E-state index in [0.717, 1.165) is 0 Å². The van der Waals surface area contributed by atoms with Crippen molar-refractivity contribution in [3.05, 3.63) is 46.9 Å². The summed E-state index contributed by atoms with van der Waals surface area (Å²) >= 11 is 6.23. The minimum absolute atomic E-state index is 0.00260. The summed E-state index contributed by atoms with van der Waals surface area (Å²) in [5.41, 5.74) is 2.20. The lowest BCUT2D eigenvalue weighted by molar-refractivity contribution is -0.152. The summed E-state index contributed by atoms with van der Waals surface area (Å²) in [5, 5.41) is 2.51. The average molecular weight is 365 g/mol. The Labute approximate surface area is 150 Å². The Kier molecular flexibility index (Phi) is 6.09. The highest BCUT2D eigenvalue weighted by Gasteiger charge is 2.21. The van der Waals surface area contributed by atoms with E-state index in [-0.39, 0.29) is 29.2 Å². The van der Waals surface area contributed by atoms with Gasteiger partial charge in [-0.05, 0) is 48.7 Å². The molecule has 7 heteroatoms. The van der Waals surface area contributed by atoms with Crippen molar-refractivity contribution in [3.63, 3.8) is 0 Å². The highest BCUT2D eigenvalue weighted by Crippen LogP contribution is 2.34. The van der Waals surface area contributed by atoms with Crippen molar-refractivity contribution in [2.24, 2.45) is 0 Å². The largest absolute Gasteiger partial charge is 0.459 e. The minimum atomic E-state index is -0.990. The number of pyridine rings is 1. The molecule has 1 aromatic heterocycles. The van der Waals surface area contributed by atoms with Gasteiger partial charge in [0.25, 0.3) is 0 Å². The van der Waals surface area contributed by atoms with Crippen LogP contribution in [0.2, 0.25) is 5.15 Å². The summed E-state index contributed by atoms with van der Waals surface area (Å²) in [7, 11) is 0. The SMILES string of the molecule is CCOC(=O)C(=O)Nc1c(C(C)C)cc(-c2ccc(F)cc2)nc1Cl. The van der Waals surface area contributed by atoms with Gasteiger partial charge in [-0.2, -0.15) is 0 Å². The molecule has 0 bridgehead atoms. The molecule has 0 aliphatic carbocycles.